The number of hydrogen-bond donors (Lipinski definition) is 0. The van der Waals surface area contributed by atoms with Crippen LogP contribution in [0.2, 0.25) is 0 Å². The summed E-state index contributed by atoms with van der Waals surface area (Å²) in [5.74, 6) is 1.93. The second-order valence-electron chi connectivity index (χ2n) is 5.28. The molecule has 0 atom stereocenters. The summed E-state index contributed by atoms with van der Waals surface area (Å²) in [6, 6.07) is 12.9. The highest BCUT2D eigenvalue weighted by atomic mass is 32.2. The Morgan fingerprint density at radius 3 is 1.76 bits per heavy atom. The average Bonchev–Trinajstić information content (AvgIpc) is 3.24. The summed E-state index contributed by atoms with van der Waals surface area (Å²) >= 11 is 1.54. The van der Waals surface area contributed by atoms with Crippen LogP contribution in [0.25, 0.3) is 0 Å². The lowest BCUT2D eigenvalue weighted by atomic mass is 10.3. The molecule has 7 heteroatoms. The molecule has 0 fully saturated rings. The fourth-order valence-corrected chi connectivity index (χ4v) is 3.11. The van der Waals surface area contributed by atoms with Gasteiger partial charge in [0.1, 0.15) is 23.0 Å². The highest BCUT2D eigenvalue weighted by molar-refractivity contribution is 7.97. The van der Waals surface area contributed by atoms with Gasteiger partial charge in [0.05, 0.1) is 11.5 Å². The van der Waals surface area contributed by atoms with Crippen molar-refractivity contribution in [1.82, 2.24) is 0 Å². The molecule has 4 rings (SSSR count). The summed E-state index contributed by atoms with van der Waals surface area (Å²) in [6.45, 7) is 0. The minimum absolute atomic E-state index is 0.116. The minimum Gasteiger partial charge on any atom is -0.453 e. The third-order valence-corrected chi connectivity index (χ3v) is 4.42. The number of benzene rings is 1. The fourth-order valence-electron chi connectivity index (χ4n) is 2.30. The SMILES string of the molecule is O=C1Oc2cccc(c2)OC(=O)c2ccc(o2)CSCc2ccc1o2. The van der Waals surface area contributed by atoms with Crippen molar-refractivity contribution in [2.75, 3.05) is 0 Å². The van der Waals surface area contributed by atoms with E-state index in [1.165, 1.54) is 17.8 Å². The molecule has 0 saturated carbocycles. The van der Waals surface area contributed by atoms with Crippen molar-refractivity contribution in [3.8, 4) is 11.5 Å². The normalized spacial score (nSPS) is 14.7. The first-order valence-corrected chi connectivity index (χ1v) is 8.62. The molecule has 3 heterocycles. The van der Waals surface area contributed by atoms with E-state index in [1.807, 2.05) is 0 Å². The summed E-state index contributed by atoms with van der Waals surface area (Å²) in [7, 11) is 0. The van der Waals surface area contributed by atoms with Gasteiger partial charge in [0.15, 0.2) is 0 Å². The average molecular weight is 356 g/mol. The number of hydrogen-bond acceptors (Lipinski definition) is 7. The van der Waals surface area contributed by atoms with E-state index >= 15 is 0 Å². The monoisotopic (exact) mass is 356 g/mol. The van der Waals surface area contributed by atoms with Gasteiger partial charge in [-0.05, 0) is 36.4 Å². The molecule has 1 aliphatic heterocycles. The molecule has 6 nitrogen and oxygen atoms in total. The van der Waals surface area contributed by atoms with E-state index in [4.69, 9.17) is 18.3 Å². The van der Waals surface area contributed by atoms with Gasteiger partial charge in [-0.15, -0.1) is 11.8 Å². The number of fused-ring (bicyclic) bond motifs is 6. The standard InChI is InChI=1S/C18H12O6S/c19-17-15-6-4-13(21-15)9-25-10-14-5-7-16(22-14)18(20)24-12-3-1-2-11(8-12)23-17/h1-8H,9-10H2. The smallest absolute Gasteiger partial charge is 0.379 e. The lowest BCUT2D eigenvalue weighted by molar-refractivity contribution is 0.0696. The zero-order valence-corrected chi connectivity index (χ0v) is 13.7. The second-order valence-corrected chi connectivity index (χ2v) is 6.26. The van der Waals surface area contributed by atoms with Crippen LogP contribution >= 0.6 is 11.8 Å². The summed E-state index contributed by atoms with van der Waals surface area (Å²) < 4.78 is 21.5. The maximum absolute atomic E-state index is 12.1. The van der Waals surface area contributed by atoms with Crippen molar-refractivity contribution < 1.29 is 27.9 Å². The topological polar surface area (TPSA) is 78.9 Å². The molecule has 0 N–H and O–H groups in total. The fraction of sp³-hybridized carbons (Fsp3) is 0.111. The third kappa shape index (κ3) is 3.46. The highest BCUT2D eigenvalue weighted by Crippen LogP contribution is 2.25. The van der Waals surface area contributed by atoms with Crippen LogP contribution < -0.4 is 9.47 Å². The van der Waals surface area contributed by atoms with Crippen molar-refractivity contribution in [1.29, 1.82) is 0 Å². The first-order valence-electron chi connectivity index (χ1n) is 7.47. The summed E-state index contributed by atoms with van der Waals surface area (Å²) in [5.41, 5.74) is 0. The van der Waals surface area contributed by atoms with Crippen LogP contribution in [0.15, 0.2) is 57.4 Å². The molecule has 1 aromatic carbocycles. The van der Waals surface area contributed by atoms with Crippen molar-refractivity contribution in [3.05, 3.63) is 71.6 Å². The van der Waals surface area contributed by atoms with Crippen LogP contribution in [0.5, 0.6) is 11.5 Å². The van der Waals surface area contributed by atoms with Gasteiger partial charge in [-0.3, -0.25) is 0 Å². The molecule has 126 valence electrons. The van der Waals surface area contributed by atoms with Crippen LogP contribution in [0.3, 0.4) is 0 Å². The third-order valence-electron chi connectivity index (χ3n) is 3.44. The van der Waals surface area contributed by atoms with E-state index in [-0.39, 0.29) is 23.0 Å². The number of rotatable bonds is 0. The Labute approximate surface area is 146 Å². The van der Waals surface area contributed by atoms with E-state index < -0.39 is 11.9 Å². The van der Waals surface area contributed by atoms with Crippen LogP contribution in [0.4, 0.5) is 0 Å². The summed E-state index contributed by atoms with van der Waals surface area (Å²) in [5, 5.41) is 0. The number of esters is 2. The van der Waals surface area contributed by atoms with Crippen molar-refractivity contribution in [3.63, 3.8) is 0 Å². The predicted octanol–water partition coefficient (Wildman–Crippen LogP) is 4.06. The van der Waals surface area contributed by atoms with E-state index in [9.17, 15) is 9.59 Å². The molecule has 3 aromatic rings. The van der Waals surface area contributed by atoms with E-state index in [2.05, 4.69) is 0 Å². The number of furan rings is 2. The van der Waals surface area contributed by atoms with Crippen LogP contribution in [-0.2, 0) is 11.5 Å². The molecule has 25 heavy (non-hydrogen) atoms. The van der Waals surface area contributed by atoms with Gasteiger partial charge in [0.25, 0.3) is 0 Å². The molecule has 0 unspecified atom stereocenters. The Morgan fingerprint density at radius 1 is 0.720 bits per heavy atom. The van der Waals surface area contributed by atoms with Gasteiger partial charge in [-0.2, -0.15) is 0 Å². The number of ether oxygens (including phenoxy) is 2. The second kappa shape index (κ2) is 6.52. The molecular formula is C18H12O6S. The van der Waals surface area contributed by atoms with Gasteiger partial charge in [0.2, 0.25) is 11.5 Å². The van der Waals surface area contributed by atoms with E-state index in [1.54, 1.807) is 42.5 Å². The summed E-state index contributed by atoms with van der Waals surface area (Å²) in [4.78, 5) is 24.3. The first-order chi connectivity index (χ1) is 12.2. The highest BCUT2D eigenvalue weighted by Gasteiger charge is 2.17. The van der Waals surface area contributed by atoms with E-state index in [0.717, 1.165) is 0 Å². The Balaban J connectivity index is 1.68. The first kappa shape index (κ1) is 15.6. The lowest BCUT2D eigenvalue weighted by Gasteiger charge is -2.06. The predicted molar refractivity (Wildman–Crippen MR) is 88.8 cm³/mol. The maximum Gasteiger partial charge on any atom is 0.379 e. The Hall–Kier alpha value is -2.93. The van der Waals surface area contributed by atoms with Gasteiger partial charge < -0.3 is 18.3 Å². The number of carbonyl (C=O) groups excluding carboxylic acids is 2. The van der Waals surface area contributed by atoms with Crippen LogP contribution in [0, 0.1) is 0 Å². The van der Waals surface area contributed by atoms with Crippen molar-refractivity contribution in [2.45, 2.75) is 11.5 Å². The number of carbonyl (C=O) groups is 2. The Morgan fingerprint density at radius 2 is 1.24 bits per heavy atom. The quantitative estimate of drug-likeness (QED) is 0.444. The molecule has 0 spiro atoms. The molecule has 2 aromatic heterocycles. The molecular weight excluding hydrogens is 344 g/mol. The lowest BCUT2D eigenvalue weighted by Crippen LogP contribution is -2.09. The van der Waals surface area contributed by atoms with Gasteiger partial charge in [-0.25, -0.2) is 9.59 Å². The largest absolute Gasteiger partial charge is 0.453 e. The summed E-state index contributed by atoms with van der Waals surface area (Å²) in [6.07, 6.45) is 0. The van der Waals surface area contributed by atoms with Crippen LogP contribution in [-0.4, -0.2) is 11.9 Å². The van der Waals surface area contributed by atoms with E-state index in [0.29, 0.717) is 23.0 Å². The van der Waals surface area contributed by atoms with Gasteiger partial charge in [0, 0.05) is 6.07 Å². The molecule has 0 saturated heterocycles. The van der Waals surface area contributed by atoms with Gasteiger partial charge in [-0.1, -0.05) is 6.07 Å². The van der Waals surface area contributed by atoms with Gasteiger partial charge >= 0.3 is 11.9 Å². The van der Waals surface area contributed by atoms with Crippen LogP contribution in [0.1, 0.15) is 32.6 Å². The molecule has 0 radical (unpaired) electrons. The molecule has 0 aliphatic carbocycles. The number of thioether (sulfide) groups is 1. The molecule has 1 aliphatic rings. The minimum atomic E-state index is -0.611. The van der Waals surface area contributed by atoms with Crippen molar-refractivity contribution >= 4 is 23.7 Å². The molecule has 0 amide bonds. The zero-order chi connectivity index (χ0) is 17.2. The zero-order valence-electron chi connectivity index (χ0n) is 12.9. The Kier molecular flexibility index (Phi) is 4.07. The van der Waals surface area contributed by atoms with Crippen molar-refractivity contribution in [2.24, 2.45) is 0 Å². The molecule has 6 bridgehead atoms. The Bertz CT molecular complexity index is 867. The maximum atomic E-state index is 12.1.